The van der Waals surface area contributed by atoms with Crippen molar-refractivity contribution in [1.29, 1.82) is 0 Å². The molecular weight excluding hydrogens is 404 g/mol. The summed E-state index contributed by atoms with van der Waals surface area (Å²) in [5, 5.41) is 5.28. The minimum Gasteiger partial charge on any atom is -0.360 e. The van der Waals surface area contributed by atoms with Crippen LogP contribution in [0.1, 0.15) is 23.3 Å². The molecular formula is C18H17F2N5OS2. The molecule has 1 aromatic carbocycles. The van der Waals surface area contributed by atoms with Gasteiger partial charge in [0.2, 0.25) is 0 Å². The monoisotopic (exact) mass is 421 g/mol. The number of carbonyl (C=O) groups is 1. The molecule has 0 radical (unpaired) electrons. The molecule has 3 N–H and O–H groups in total. The molecule has 0 saturated carbocycles. The lowest BCUT2D eigenvalue weighted by molar-refractivity contribution is 0.102. The normalized spacial score (nSPS) is 15.0. The first-order valence-corrected chi connectivity index (χ1v) is 10.3. The molecule has 1 saturated heterocycles. The average Bonchev–Trinajstić information content (AvgIpc) is 3.32. The highest BCUT2D eigenvalue weighted by Crippen LogP contribution is 2.33. The van der Waals surface area contributed by atoms with E-state index in [-0.39, 0.29) is 22.3 Å². The molecule has 0 atom stereocenters. The molecule has 4 rings (SSSR count). The third-order valence-electron chi connectivity index (χ3n) is 4.54. The lowest BCUT2D eigenvalue weighted by Crippen LogP contribution is -2.39. The molecule has 1 aliphatic heterocycles. The highest BCUT2D eigenvalue weighted by atomic mass is 32.1. The minimum absolute atomic E-state index is 0.0977. The van der Waals surface area contributed by atoms with Crippen molar-refractivity contribution in [2.24, 2.45) is 5.73 Å². The number of hydrogen-bond acceptors (Lipinski definition) is 7. The third-order valence-corrected chi connectivity index (χ3v) is 6.26. The van der Waals surface area contributed by atoms with Crippen LogP contribution in [0.25, 0.3) is 10.6 Å². The van der Waals surface area contributed by atoms with Crippen LogP contribution >= 0.6 is 22.9 Å². The van der Waals surface area contributed by atoms with Gasteiger partial charge in [0, 0.05) is 24.5 Å². The number of nitrogens with two attached hydrogens (primary N) is 1. The number of aromatic nitrogens is 2. The van der Waals surface area contributed by atoms with Gasteiger partial charge in [0.15, 0.2) is 0 Å². The molecule has 2 aromatic heterocycles. The van der Waals surface area contributed by atoms with Crippen molar-refractivity contribution in [3.8, 4) is 10.6 Å². The number of halogens is 2. The van der Waals surface area contributed by atoms with Crippen molar-refractivity contribution in [2.45, 2.75) is 18.9 Å². The Kier molecular flexibility index (Phi) is 5.33. The molecule has 3 heterocycles. The van der Waals surface area contributed by atoms with Gasteiger partial charge in [-0.3, -0.25) is 4.79 Å². The lowest BCUT2D eigenvalue weighted by Gasteiger charge is -2.31. The maximum absolute atomic E-state index is 13.9. The van der Waals surface area contributed by atoms with Gasteiger partial charge in [-0.05, 0) is 36.5 Å². The van der Waals surface area contributed by atoms with Crippen molar-refractivity contribution >= 4 is 39.5 Å². The Morgan fingerprint density at radius 2 is 1.96 bits per heavy atom. The van der Waals surface area contributed by atoms with Crippen molar-refractivity contribution in [1.82, 2.24) is 9.36 Å². The number of piperidine rings is 1. The Morgan fingerprint density at radius 3 is 2.68 bits per heavy atom. The summed E-state index contributed by atoms with van der Waals surface area (Å²) in [6.45, 7) is 1.61. The molecule has 0 unspecified atom stereocenters. The second kappa shape index (κ2) is 7.90. The molecule has 0 spiro atoms. The van der Waals surface area contributed by atoms with E-state index in [1.807, 2.05) is 0 Å². The quantitative estimate of drug-likeness (QED) is 0.671. The number of nitrogens with zero attached hydrogens (tertiary/aromatic N) is 3. The maximum Gasteiger partial charge on any atom is 0.275 e. The second-order valence-corrected chi connectivity index (χ2v) is 8.10. The largest absolute Gasteiger partial charge is 0.360 e. The summed E-state index contributed by atoms with van der Waals surface area (Å²) >= 11 is 2.32. The molecule has 28 heavy (non-hydrogen) atoms. The van der Waals surface area contributed by atoms with E-state index in [0.29, 0.717) is 5.69 Å². The summed E-state index contributed by atoms with van der Waals surface area (Å²) < 4.78 is 32.1. The Morgan fingerprint density at radius 1 is 1.25 bits per heavy atom. The molecule has 1 aliphatic rings. The number of amides is 1. The Hall–Kier alpha value is -2.43. The fourth-order valence-corrected chi connectivity index (χ4v) is 4.64. The van der Waals surface area contributed by atoms with Gasteiger partial charge in [0.1, 0.15) is 27.3 Å². The van der Waals surface area contributed by atoms with Gasteiger partial charge in [-0.1, -0.05) is 6.07 Å². The zero-order valence-electron chi connectivity index (χ0n) is 14.7. The SMILES string of the molecule is NC1CCN(c2sncc2NC(=O)c2csc(-c3c(F)cccc3F)n2)CC1. The van der Waals surface area contributed by atoms with Gasteiger partial charge >= 0.3 is 0 Å². The maximum atomic E-state index is 13.9. The van der Waals surface area contributed by atoms with Gasteiger partial charge in [-0.25, -0.2) is 13.8 Å². The molecule has 0 aliphatic carbocycles. The third kappa shape index (κ3) is 3.75. The zero-order chi connectivity index (χ0) is 19.7. The van der Waals surface area contributed by atoms with Crippen molar-refractivity contribution in [3.05, 3.63) is 47.1 Å². The molecule has 10 heteroatoms. The first kappa shape index (κ1) is 18.9. The predicted molar refractivity (Wildman–Crippen MR) is 107 cm³/mol. The van der Waals surface area contributed by atoms with E-state index in [2.05, 4.69) is 19.6 Å². The van der Waals surface area contributed by atoms with Crippen molar-refractivity contribution < 1.29 is 13.6 Å². The number of rotatable bonds is 4. The van der Waals surface area contributed by atoms with E-state index in [1.54, 1.807) is 6.20 Å². The van der Waals surface area contributed by atoms with Gasteiger partial charge in [0.05, 0.1) is 17.4 Å². The Bertz CT molecular complexity index is 977. The fraction of sp³-hybridized carbons (Fsp3) is 0.278. The van der Waals surface area contributed by atoms with Crippen LogP contribution in [-0.4, -0.2) is 34.4 Å². The predicted octanol–water partition coefficient (Wildman–Crippen LogP) is 3.72. The van der Waals surface area contributed by atoms with E-state index in [0.717, 1.165) is 54.4 Å². The number of anilines is 2. The van der Waals surface area contributed by atoms with Crippen LogP contribution in [0.2, 0.25) is 0 Å². The van der Waals surface area contributed by atoms with Gasteiger partial charge in [-0.15, -0.1) is 11.3 Å². The second-order valence-electron chi connectivity index (χ2n) is 6.46. The van der Waals surface area contributed by atoms with Crippen LogP contribution in [-0.2, 0) is 0 Å². The molecule has 1 amide bonds. The highest BCUT2D eigenvalue weighted by Gasteiger charge is 2.23. The van der Waals surface area contributed by atoms with Crippen molar-refractivity contribution in [3.63, 3.8) is 0 Å². The fourth-order valence-electron chi connectivity index (χ4n) is 3.03. The van der Waals surface area contributed by atoms with E-state index in [9.17, 15) is 13.6 Å². The van der Waals surface area contributed by atoms with Gasteiger partial charge in [-0.2, -0.15) is 4.37 Å². The van der Waals surface area contributed by atoms with Crippen LogP contribution < -0.4 is 16.0 Å². The standard InChI is InChI=1S/C18H17F2N5OS2/c19-11-2-1-3-12(20)15(11)17-24-14(9-27-17)16(26)23-13-8-22-28-18(13)25-6-4-10(21)5-7-25/h1-3,8-10H,4-7,21H2,(H,23,26). The average molecular weight is 421 g/mol. The number of carbonyl (C=O) groups excluding carboxylic acids is 1. The smallest absolute Gasteiger partial charge is 0.275 e. The highest BCUT2D eigenvalue weighted by molar-refractivity contribution is 7.13. The Balaban J connectivity index is 1.52. The molecule has 6 nitrogen and oxygen atoms in total. The van der Waals surface area contributed by atoms with E-state index in [4.69, 9.17) is 5.73 Å². The first-order chi connectivity index (χ1) is 13.5. The van der Waals surface area contributed by atoms with Gasteiger partial charge < -0.3 is 16.0 Å². The molecule has 0 bridgehead atoms. The van der Waals surface area contributed by atoms with E-state index in [1.165, 1.54) is 23.0 Å². The summed E-state index contributed by atoms with van der Waals surface area (Å²) in [6.07, 6.45) is 3.36. The molecule has 3 aromatic rings. The van der Waals surface area contributed by atoms with Crippen LogP contribution in [0.15, 0.2) is 29.8 Å². The van der Waals surface area contributed by atoms with Crippen LogP contribution in [0.4, 0.5) is 19.5 Å². The summed E-state index contributed by atoms with van der Waals surface area (Å²) in [5.41, 5.74) is 6.41. The number of hydrogen-bond donors (Lipinski definition) is 2. The first-order valence-electron chi connectivity index (χ1n) is 8.69. The number of benzene rings is 1. The summed E-state index contributed by atoms with van der Waals surface area (Å²) in [7, 11) is 0. The van der Waals surface area contributed by atoms with Crippen LogP contribution in [0, 0.1) is 11.6 Å². The van der Waals surface area contributed by atoms with Crippen molar-refractivity contribution in [2.75, 3.05) is 23.3 Å². The minimum atomic E-state index is -0.714. The summed E-state index contributed by atoms with van der Waals surface area (Å²) in [6, 6.07) is 3.81. The van der Waals surface area contributed by atoms with Crippen LogP contribution in [0.5, 0.6) is 0 Å². The molecule has 146 valence electrons. The lowest BCUT2D eigenvalue weighted by atomic mass is 10.1. The number of nitrogens with one attached hydrogen (secondary N) is 1. The van der Waals surface area contributed by atoms with E-state index < -0.39 is 17.5 Å². The summed E-state index contributed by atoms with van der Waals surface area (Å²) in [4.78, 5) is 18.9. The van der Waals surface area contributed by atoms with Crippen LogP contribution in [0.3, 0.4) is 0 Å². The zero-order valence-corrected chi connectivity index (χ0v) is 16.3. The summed E-state index contributed by atoms with van der Waals surface area (Å²) in [5.74, 6) is -1.88. The Labute approximate surface area is 168 Å². The topological polar surface area (TPSA) is 84.1 Å². The number of thiazole rings is 1. The van der Waals surface area contributed by atoms with E-state index >= 15 is 0 Å². The molecule has 1 fully saturated rings. The van der Waals surface area contributed by atoms with Gasteiger partial charge in [0.25, 0.3) is 5.91 Å².